The second kappa shape index (κ2) is 1.50. The molecule has 1 saturated carbocycles. The summed E-state index contributed by atoms with van der Waals surface area (Å²) < 4.78 is 0. The zero-order valence-electron chi connectivity index (χ0n) is 5.02. The summed E-state index contributed by atoms with van der Waals surface area (Å²) in [6.07, 6.45) is 1.24. The van der Waals surface area contributed by atoms with Gasteiger partial charge in [-0.15, -0.1) is 0 Å². The first-order valence-electron chi connectivity index (χ1n) is 2.97. The Morgan fingerprint density at radius 1 is 1.43 bits per heavy atom. The summed E-state index contributed by atoms with van der Waals surface area (Å²) in [5, 5.41) is 0. The van der Waals surface area contributed by atoms with Gasteiger partial charge < -0.3 is 0 Å². The van der Waals surface area contributed by atoms with Gasteiger partial charge in [-0.05, 0) is 31.1 Å². The molecular weight excluding hydrogens is 84.1 g/mol. The zero-order chi connectivity index (χ0) is 5.44. The first-order valence-corrected chi connectivity index (χ1v) is 2.97. The van der Waals surface area contributed by atoms with Crippen molar-refractivity contribution in [2.75, 3.05) is 0 Å². The average Bonchev–Trinajstić information content (AvgIpc) is 1.68. The molecule has 0 N–H and O–H groups in total. The van der Waals surface area contributed by atoms with Crippen molar-refractivity contribution in [3.63, 3.8) is 0 Å². The highest BCUT2D eigenvalue weighted by atomic mass is 14.3. The molecule has 0 heterocycles. The normalized spacial score (nSPS) is 51.0. The Bertz CT molecular complexity index is 58.4. The van der Waals surface area contributed by atoms with Gasteiger partial charge in [-0.1, -0.05) is 13.8 Å². The van der Waals surface area contributed by atoms with E-state index in [9.17, 15) is 0 Å². The second-order valence-electron chi connectivity index (χ2n) is 2.74. The topological polar surface area (TPSA) is 0 Å². The average molecular weight is 96.2 g/mol. The molecule has 2 radical (unpaired) electrons. The molecule has 0 saturated heterocycles. The molecule has 1 fully saturated rings. The van der Waals surface area contributed by atoms with Gasteiger partial charge in [-0.25, -0.2) is 0 Å². The van der Waals surface area contributed by atoms with Crippen LogP contribution in [0, 0.1) is 24.7 Å². The van der Waals surface area contributed by atoms with Crippen LogP contribution in [0.1, 0.15) is 20.3 Å². The number of hydrogen-bond donors (Lipinski definition) is 0. The fourth-order valence-corrected chi connectivity index (χ4v) is 1.08. The summed E-state index contributed by atoms with van der Waals surface area (Å²) in [6.45, 7) is 10.1. The second-order valence-corrected chi connectivity index (χ2v) is 2.74. The lowest BCUT2D eigenvalue weighted by atomic mass is 9.68. The van der Waals surface area contributed by atoms with E-state index in [2.05, 4.69) is 13.8 Å². The SMILES string of the molecule is [CH]C1CC(C)C1C. The van der Waals surface area contributed by atoms with E-state index in [0.29, 0.717) is 5.92 Å². The molecule has 0 bridgehead atoms. The van der Waals surface area contributed by atoms with Crippen molar-refractivity contribution < 1.29 is 0 Å². The lowest BCUT2D eigenvalue weighted by Crippen LogP contribution is -2.29. The molecule has 1 aliphatic carbocycles. The van der Waals surface area contributed by atoms with Crippen LogP contribution in [0.15, 0.2) is 0 Å². The fourth-order valence-electron chi connectivity index (χ4n) is 1.08. The van der Waals surface area contributed by atoms with Crippen molar-refractivity contribution in [3.8, 4) is 0 Å². The Morgan fingerprint density at radius 2 is 2.00 bits per heavy atom. The van der Waals surface area contributed by atoms with E-state index in [1.54, 1.807) is 0 Å². The monoisotopic (exact) mass is 96.1 g/mol. The number of rotatable bonds is 0. The lowest BCUT2D eigenvalue weighted by Gasteiger charge is -2.37. The van der Waals surface area contributed by atoms with Crippen LogP contribution < -0.4 is 0 Å². The first kappa shape index (κ1) is 5.14. The van der Waals surface area contributed by atoms with Crippen LogP contribution in [0.2, 0.25) is 0 Å². The molecule has 0 aromatic heterocycles. The number of hydrogen-bond acceptors (Lipinski definition) is 0. The van der Waals surface area contributed by atoms with E-state index in [4.69, 9.17) is 6.92 Å². The summed E-state index contributed by atoms with van der Waals surface area (Å²) in [4.78, 5) is 0. The molecule has 40 valence electrons. The molecule has 0 aromatic rings. The van der Waals surface area contributed by atoms with E-state index >= 15 is 0 Å². The van der Waals surface area contributed by atoms with Gasteiger partial charge in [0.2, 0.25) is 0 Å². The summed E-state index contributed by atoms with van der Waals surface area (Å²) in [5.41, 5.74) is 0. The van der Waals surface area contributed by atoms with Gasteiger partial charge in [0.25, 0.3) is 0 Å². The maximum absolute atomic E-state index is 5.61. The predicted molar refractivity (Wildman–Crippen MR) is 30.7 cm³/mol. The Labute approximate surface area is 45.9 Å². The standard InChI is InChI=1S/C7H12/c1-5-4-6(2)7(5)3/h1,5-7H,4H2,2-3H3. The van der Waals surface area contributed by atoms with Crippen molar-refractivity contribution in [3.05, 3.63) is 6.92 Å². The molecule has 0 nitrogen and oxygen atoms in total. The molecule has 0 aromatic carbocycles. The fraction of sp³-hybridized carbons (Fsp3) is 0.857. The molecule has 1 rings (SSSR count). The molecule has 7 heavy (non-hydrogen) atoms. The highest BCUT2D eigenvalue weighted by molar-refractivity contribution is 4.84. The predicted octanol–water partition coefficient (Wildman–Crippen LogP) is 1.99. The first-order chi connectivity index (χ1) is 3.22. The molecule has 3 atom stereocenters. The lowest BCUT2D eigenvalue weighted by molar-refractivity contribution is 0.143. The van der Waals surface area contributed by atoms with E-state index < -0.39 is 0 Å². The van der Waals surface area contributed by atoms with Crippen molar-refractivity contribution in [2.24, 2.45) is 17.8 Å². The van der Waals surface area contributed by atoms with Gasteiger partial charge in [0.05, 0.1) is 0 Å². The van der Waals surface area contributed by atoms with Crippen LogP contribution in [-0.2, 0) is 0 Å². The largest absolute Gasteiger partial charge is 0.0622 e. The molecule has 0 amide bonds. The molecule has 0 aliphatic heterocycles. The van der Waals surface area contributed by atoms with Gasteiger partial charge in [0.1, 0.15) is 0 Å². The molecule has 3 unspecified atom stereocenters. The Balaban J connectivity index is 2.29. The minimum Gasteiger partial charge on any atom is -0.0622 e. The van der Waals surface area contributed by atoms with Crippen molar-refractivity contribution in [1.29, 1.82) is 0 Å². The highest BCUT2D eigenvalue weighted by Crippen LogP contribution is 2.38. The van der Waals surface area contributed by atoms with E-state index in [1.165, 1.54) is 6.42 Å². The summed E-state index contributed by atoms with van der Waals surface area (Å²) >= 11 is 0. The van der Waals surface area contributed by atoms with Gasteiger partial charge in [0, 0.05) is 0 Å². The Morgan fingerprint density at radius 3 is 2.00 bits per heavy atom. The third kappa shape index (κ3) is 0.667. The van der Waals surface area contributed by atoms with Gasteiger partial charge in [0.15, 0.2) is 0 Å². The van der Waals surface area contributed by atoms with Crippen molar-refractivity contribution in [2.45, 2.75) is 20.3 Å². The van der Waals surface area contributed by atoms with Crippen LogP contribution in [0.25, 0.3) is 0 Å². The smallest absolute Gasteiger partial charge is 0.0315 e. The molecular formula is C7H12. The maximum Gasteiger partial charge on any atom is -0.0315 e. The van der Waals surface area contributed by atoms with E-state index in [-0.39, 0.29) is 0 Å². The van der Waals surface area contributed by atoms with Crippen LogP contribution in [0.3, 0.4) is 0 Å². The minimum atomic E-state index is 0.509. The van der Waals surface area contributed by atoms with Crippen LogP contribution in [0.5, 0.6) is 0 Å². The third-order valence-corrected chi connectivity index (χ3v) is 2.22. The highest BCUT2D eigenvalue weighted by Gasteiger charge is 2.30. The maximum atomic E-state index is 5.61. The van der Waals surface area contributed by atoms with E-state index in [0.717, 1.165) is 11.8 Å². The summed E-state index contributed by atoms with van der Waals surface area (Å²) in [6, 6.07) is 0. The Hall–Kier alpha value is 0. The minimum absolute atomic E-state index is 0.509. The van der Waals surface area contributed by atoms with E-state index in [1.807, 2.05) is 0 Å². The van der Waals surface area contributed by atoms with Gasteiger partial charge in [-0.3, -0.25) is 0 Å². The molecule has 0 heteroatoms. The Kier molecular flexibility index (Phi) is 1.10. The summed E-state index contributed by atoms with van der Waals surface area (Å²) in [5.74, 6) is 2.17. The molecule has 1 aliphatic rings. The third-order valence-electron chi connectivity index (χ3n) is 2.22. The van der Waals surface area contributed by atoms with Gasteiger partial charge >= 0.3 is 0 Å². The van der Waals surface area contributed by atoms with Crippen molar-refractivity contribution in [1.82, 2.24) is 0 Å². The zero-order valence-corrected chi connectivity index (χ0v) is 5.02. The van der Waals surface area contributed by atoms with Crippen LogP contribution >= 0.6 is 0 Å². The summed E-state index contributed by atoms with van der Waals surface area (Å²) in [7, 11) is 0. The molecule has 0 spiro atoms. The van der Waals surface area contributed by atoms with Crippen LogP contribution in [0.4, 0.5) is 0 Å². The van der Waals surface area contributed by atoms with Crippen molar-refractivity contribution >= 4 is 0 Å². The van der Waals surface area contributed by atoms with Crippen LogP contribution in [-0.4, -0.2) is 0 Å². The van der Waals surface area contributed by atoms with Gasteiger partial charge in [-0.2, -0.15) is 0 Å². The quantitative estimate of drug-likeness (QED) is 0.432.